The molecule has 0 amide bonds. The third-order valence-corrected chi connectivity index (χ3v) is 6.79. The molecule has 0 fully saturated rings. The van der Waals surface area contributed by atoms with E-state index in [0.29, 0.717) is 0 Å². The molecule has 0 atom stereocenters. The number of hydrogen-bond donors (Lipinski definition) is 0. The molecule has 0 N–H and O–H groups in total. The minimum Gasteiger partial charge on any atom is -0.453 e. The zero-order valence-electron chi connectivity index (χ0n) is 23.6. The average Bonchev–Trinajstić information content (AvgIpc) is 2.92. The lowest BCUT2D eigenvalue weighted by molar-refractivity contribution is 0.418. The Kier molecular flexibility index (Phi) is 10.0. The van der Waals surface area contributed by atoms with Gasteiger partial charge in [0.05, 0.1) is 0 Å². The maximum atomic E-state index is 6.74. The molecule has 0 unspecified atom stereocenters. The van der Waals surface area contributed by atoms with Crippen molar-refractivity contribution >= 4 is 0 Å². The van der Waals surface area contributed by atoms with Crippen LogP contribution in [-0.4, -0.2) is 0 Å². The Labute approximate surface area is 229 Å². The summed E-state index contributed by atoms with van der Waals surface area (Å²) in [6.07, 6.45) is 8.62. The van der Waals surface area contributed by atoms with Crippen LogP contribution in [0.3, 0.4) is 0 Å². The second kappa shape index (κ2) is 13.9. The number of ether oxygens (including phenoxy) is 2. The number of benzene rings is 4. The first-order valence-corrected chi connectivity index (χ1v) is 14.4. The SMILES string of the molecule is CCCc1cccc(Oc2ccc(CCC)cc2Oc2ccc(CCC)cc2-c2cccc(CCC)c2)c1. The third-order valence-electron chi connectivity index (χ3n) is 6.79. The molecular weight excluding hydrogens is 464 g/mol. The zero-order chi connectivity index (χ0) is 26.7. The summed E-state index contributed by atoms with van der Waals surface area (Å²) in [6.45, 7) is 8.86. The van der Waals surface area contributed by atoms with Crippen LogP contribution in [0.5, 0.6) is 23.0 Å². The van der Waals surface area contributed by atoms with Crippen LogP contribution in [-0.2, 0) is 25.7 Å². The van der Waals surface area contributed by atoms with Crippen molar-refractivity contribution in [2.24, 2.45) is 0 Å². The van der Waals surface area contributed by atoms with Gasteiger partial charge in [0.2, 0.25) is 0 Å². The van der Waals surface area contributed by atoms with Gasteiger partial charge in [0.1, 0.15) is 11.5 Å². The van der Waals surface area contributed by atoms with Crippen LogP contribution in [0.2, 0.25) is 0 Å². The third kappa shape index (κ3) is 7.28. The molecule has 198 valence electrons. The topological polar surface area (TPSA) is 18.5 Å². The van der Waals surface area contributed by atoms with Gasteiger partial charge in [-0.05, 0) is 89.9 Å². The van der Waals surface area contributed by atoms with Crippen molar-refractivity contribution in [3.63, 3.8) is 0 Å². The summed E-state index contributed by atoms with van der Waals surface area (Å²) in [5, 5.41) is 0. The molecular formula is C36H42O2. The minimum absolute atomic E-state index is 0.738. The van der Waals surface area contributed by atoms with Gasteiger partial charge in [-0.3, -0.25) is 0 Å². The van der Waals surface area contributed by atoms with Gasteiger partial charge in [0, 0.05) is 5.56 Å². The van der Waals surface area contributed by atoms with E-state index in [9.17, 15) is 0 Å². The van der Waals surface area contributed by atoms with Crippen LogP contribution in [0, 0.1) is 0 Å². The Bertz CT molecular complexity index is 1320. The highest BCUT2D eigenvalue weighted by Gasteiger charge is 2.15. The predicted octanol–water partition coefficient (Wildman–Crippen LogP) is 10.7. The van der Waals surface area contributed by atoms with Crippen LogP contribution in [0.25, 0.3) is 11.1 Å². The normalized spacial score (nSPS) is 10.9. The van der Waals surface area contributed by atoms with E-state index in [1.807, 2.05) is 6.07 Å². The van der Waals surface area contributed by atoms with E-state index in [1.165, 1.54) is 27.8 Å². The molecule has 2 heteroatoms. The molecule has 0 aliphatic heterocycles. The summed E-state index contributed by atoms with van der Waals surface area (Å²) < 4.78 is 13.2. The fraction of sp³-hybridized carbons (Fsp3) is 0.333. The first-order chi connectivity index (χ1) is 18.6. The first kappa shape index (κ1) is 27.5. The van der Waals surface area contributed by atoms with Crippen LogP contribution in [0.1, 0.15) is 75.6 Å². The molecule has 0 saturated carbocycles. The van der Waals surface area contributed by atoms with Crippen LogP contribution in [0.4, 0.5) is 0 Å². The molecule has 0 aromatic heterocycles. The van der Waals surface area contributed by atoms with E-state index >= 15 is 0 Å². The summed E-state index contributed by atoms with van der Waals surface area (Å²) in [4.78, 5) is 0. The maximum absolute atomic E-state index is 6.74. The smallest absolute Gasteiger partial charge is 0.170 e. The van der Waals surface area contributed by atoms with E-state index in [1.54, 1.807) is 0 Å². The molecule has 4 aromatic carbocycles. The molecule has 0 aliphatic rings. The standard InChI is InChI=1S/C36H42O2/c1-5-11-27-15-9-17-31(23-27)33-25-29(13-7-3)19-21-34(33)38-36-26-30(14-8-4)20-22-35(36)37-32-18-10-16-28(24-32)12-6-2/h9-10,15-26H,5-8,11-14H2,1-4H3. The fourth-order valence-corrected chi connectivity index (χ4v) is 4.98. The maximum Gasteiger partial charge on any atom is 0.170 e. The van der Waals surface area contributed by atoms with Crippen molar-refractivity contribution in [2.75, 3.05) is 0 Å². The van der Waals surface area contributed by atoms with Crippen molar-refractivity contribution in [1.29, 1.82) is 0 Å². The van der Waals surface area contributed by atoms with Gasteiger partial charge in [0.15, 0.2) is 11.5 Å². The van der Waals surface area contributed by atoms with Gasteiger partial charge in [-0.1, -0.05) is 102 Å². The molecule has 38 heavy (non-hydrogen) atoms. The summed E-state index contributed by atoms with van der Waals surface area (Å²) in [5.74, 6) is 3.19. The highest BCUT2D eigenvalue weighted by atomic mass is 16.5. The van der Waals surface area contributed by atoms with Crippen molar-refractivity contribution in [1.82, 2.24) is 0 Å². The monoisotopic (exact) mass is 506 g/mol. The Hall–Kier alpha value is -3.52. The summed E-state index contributed by atoms with van der Waals surface area (Å²) in [5.41, 5.74) is 7.56. The lowest BCUT2D eigenvalue weighted by Crippen LogP contribution is -1.96. The molecule has 4 rings (SSSR count). The molecule has 0 saturated heterocycles. The van der Waals surface area contributed by atoms with Crippen molar-refractivity contribution in [3.8, 4) is 34.1 Å². The molecule has 0 radical (unpaired) electrons. The quantitative estimate of drug-likeness (QED) is 0.179. The predicted molar refractivity (Wildman–Crippen MR) is 161 cm³/mol. The van der Waals surface area contributed by atoms with E-state index in [2.05, 4.69) is 107 Å². The Balaban J connectivity index is 1.74. The van der Waals surface area contributed by atoms with Gasteiger partial charge >= 0.3 is 0 Å². The molecule has 2 nitrogen and oxygen atoms in total. The van der Waals surface area contributed by atoms with Gasteiger partial charge in [0.25, 0.3) is 0 Å². The summed E-state index contributed by atoms with van der Waals surface area (Å²) in [7, 11) is 0. The molecule has 0 spiro atoms. The van der Waals surface area contributed by atoms with Gasteiger partial charge < -0.3 is 9.47 Å². The number of hydrogen-bond acceptors (Lipinski definition) is 2. The van der Waals surface area contributed by atoms with Crippen LogP contribution >= 0.6 is 0 Å². The Morgan fingerprint density at radius 2 is 1.00 bits per heavy atom. The van der Waals surface area contributed by atoms with E-state index in [-0.39, 0.29) is 0 Å². The lowest BCUT2D eigenvalue weighted by Gasteiger charge is -2.18. The minimum atomic E-state index is 0.738. The number of rotatable bonds is 13. The highest BCUT2D eigenvalue weighted by Crippen LogP contribution is 2.40. The lowest BCUT2D eigenvalue weighted by atomic mass is 9.97. The van der Waals surface area contributed by atoms with Gasteiger partial charge in [-0.15, -0.1) is 0 Å². The second-order valence-electron chi connectivity index (χ2n) is 10.2. The van der Waals surface area contributed by atoms with Gasteiger partial charge in [-0.25, -0.2) is 0 Å². The highest BCUT2D eigenvalue weighted by molar-refractivity contribution is 5.72. The van der Waals surface area contributed by atoms with Crippen molar-refractivity contribution < 1.29 is 9.47 Å². The van der Waals surface area contributed by atoms with Crippen LogP contribution in [0.15, 0.2) is 84.9 Å². The molecule has 0 heterocycles. The number of aryl methyl sites for hydroxylation is 4. The second-order valence-corrected chi connectivity index (χ2v) is 10.2. The van der Waals surface area contributed by atoms with Crippen molar-refractivity contribution in [3.05, 3.63) is 107 Å². The fourth-order valence-electron chi connectivity index (χ4n) is 4.98. The largest absolute Gasteiger partial charge is 0.453 e. The molecule has 0 aliphatic carbocycles. The van der Waals surface area contributed by atoms with Crippen LogP contribution < -0.4 is 9.47 Å². The zero-order valence-corrected chi connectivity index (χ0v) is 23.6. The Morgan fingerprint density at radius 1 is 0.447 bits per heavy atom. The average molecular weight is 507 g/mol. The summed E-state index contributed by atoms with van der Waals surface area (Å²) in [6, 6.07) is 30.3. The summed E-state index contributed by atoms with van der Waals surface area (Å²) >= 11 is 0. The van der Waals surface area contributed by atoms with E-state index < -0.39 is 0 Å². The van der Waals surface area contributed by atoms with Crippen molar-refractivity contribution in [2.45, 2.75) is 79.1 Å². The van der Waals surface area contributed by atoms with E-state index in [0.717, 1.165) is 79.9 Å². The first-order valence-electron chi connectivity index (χ1n) is 14.4. The molecule has 0 bridgehead atoms. The Morgan fingerprint density at radius 3 is 1.66 bits per heavy atom. The van der Waals surface area contributed by atoms with Gasteiger partial charge in [-0.2, -0.15) is 0 Å². The van der Waals surface area contributed by atoms with E-state index in [4.69, 9.17) is 9.47 Å². The molecule has 4 aromatic rings.